The third kappa shape index (κ3) is 4.25. The summed E-state index contributed by atoms with van der Waals surface area (Å²) in [6, 6.07) is 13.7. The summed E-state index contributed by atoms with van der Waals surface area (Å²) < 4.78 is 16.5. The lowest BCUT2D eigenvalue weighted by Crippen LogP contribution is -2.14. The molecule has 0 aliphatic rings. The summed E-state index contributed by atoms with van der Waals surface area (Å²) in [5, 5.41) is 0.850. The molecular formula is C23H24O5. The lowest BCUT2D eigenvalue weighted by atomic mass is 10.0. The van der Waals surface area contributed by atoms with E-state index in [9.17, 15) is 9.59 Å². The van der Waals surface area contributed by atoms with Gasteiger partial charge >= 0.3 is 11.6 Å². The topological polar surface area (TPSA) is 65.7 Å². The van der Waals surface area contributed by atoms with E-state index in [0.717, 1.165) is 22.1 Å². The molecule has 3 aromatic rings. The zero-order chi connectivity index (χ0) is 20.1. The third-order valence-electron chi connectivity index (χ3n) is 4.78. The van der Waals surface area contributed by atoms with E-state index < -0.39 is 5.63 Å². The molecule has 0 radical (unpaired) electrons. The van der Waals surface area contributed by atoms with Gasteiger partial charge in [-0.2, -0.15) is 0 Å². The van der Waals surface area contributed by atoms with Crippen molar-refractivity contribution in [1.82, 2.24) is 0 Å². The Morgan fingerprint density at radius 2 is 1.79 bits per heavy atom. The van der Waals surface area contributed by atoms with Gasteiger partial charge in [-0.3, -0.25) is 4.79 Å². The molecule has 0 N–H and O–H groups in total. The van der Waals surface area contributed by atoms with Crippen LogP contribution in [0.15, 0.2) is 51.7 Å². The summed E-state index contributed by atoms with van der Waals surface area (Å²) >= 11 is 0. The van der Waals surface area contributed by atoms with Crippen molar-refractivity contribution in [2.75, 3.05) is 6.61 Å². The monoisotopic (exact) mass is 380 g/mol. The lowest BCUT2D eigenvalue weighted by molar-refractivity contribution is -0.143. The zero-order valence-electron chi connectivity index (χ0n) is 16.4. The molecule has 5 nitrogen and oxygen atoms in total. The fourth-order valence-corrected chi connectivity index (χ4v) is 3.21. The van der Waals surface area contributed by atoms with Gasteiger partial charge in [0.15, 0.2) is 0 Å². The number of ether oxygens (including phenoxy) is 2. The Kier molecular flexibility index (Phi) is 6.14. The minimum atomic E-state index is -0.419. The van der Waals surface area contributed by atoms with Crippen LogP contribution in [0.2, 0.25) is 0 Å². The lowest BCUT2D eigenvalue weighted by Gasteiger charge is -2.13. The highest BCUT2D eigenvalue weighted by Crippen LogP contribution is 2.30. The molecule has 0 unspecified atom stereocenters. The molecule has 0 saturated heterocycles. The fraction of sp³-hybridized carbons (Fsp3) is 0.304. The molecule has 0 aliphatic heterocycles. The van der Waals surface area contributed by atoms with Crippen LogP contribution in [0.4, 0.5) is 0 Å². The van der Waals surface area contributed by atoms with Crippen LogP contribution in [0.25, 0.3) is 11.0 Å². The summed E-state index contributed by atoms with van der Waals surface area (Å²) in [6.45, 7) is 6.28. The Labute approximate surface area is 163 Å². The molecule has 0 aliphatic carbocycles. The quantitative estimate of drug-likeness (QED) is 0.446. The predicted octanol–water partition coefficient (Wildman–Crippen LogP) is 4.48. The first-order valence-corrected chi connectivity index (χ1v) is 9.39. The van der Waals surface area contributed by atoms with Crippen LogP contribution in [-0.4, -0.2) is 12.6 Å². The molecule has 146 valence electrons. The second kappa shape index (κ2) is 8.74. The molecule has 28 heavy (non-hydrogen) atoms. The summed E-state index contributed by atoms with van der Waals surface area (Å²) in [4.78, 5) is 24.1. The van der Waals surface area contributed by atoms with E-state index >= 15 is 0 Å². The Bertz CT molecular complexity index is 1030. The maximum absolute atomic E-state index is 12.5. The number of carbonyl (C=O) groups excluding carboxylic acids is 1. The number of rotatable bonds is 7. The highest BCUT2D eigenvalue weighted by molar-refractivity contribution is 5.85. The van der Waals surface area contributed by atoms with Gasteiger partial charge in [-0.25, -0.2) is 4.79 Å². The first-order chi connectivity index (χ1) is 13.5. The summed E-state index contributed by atoms with van der Waals surface area (Å²) in [5.41, 5.74) is 3.29. The van der Waals surface area contributed by atoms with Crippen molar-refractivity contribution in [3.05, 3.63) is 75.1 Å². The van der Waals surface area contributed by atoms with E-state index in [4.69, 9.17) is 13.9 Å². The van der Waals surface area contributed by atoms with E-state index in [2.05, 4.69) is 0 Å². The zero-order valence-corrected chi connectivity index (χ0v) is 16.4. The van der Waals surface area contributed by atoms with Gasteiger partial charge in [0.05, 0.1) is 6.61 Å². The Balaban J connectivity index is 1.88. The van der Waals surface area contributed by atoms with Gasteiger partial charge in [0.1, 0.15) is 17.9 Å². The van der Waals surface area contributed by atoms with Crippen LogP contribution < -0.4 is 10.4 Å². The number of benzene rings is 2. The molecular weight excluding hydrogens is 356 g/mol. The number of fused-ring (bicyclic) bond motifs is 1. The third-order valence-corrected chi connectivity index (χ3v) is 4.78. The molecule has 3 rings (SSSR count). The van der Waals surface area contributed by atoms with E-state index in [0.29, 0.717) is 36.5 Å². The predicted molar refractivity (Wildman–Crippen MR) is 108 cm³/mol. The summed E-state index contributed by atoms with van der Waals surface area (Å²) in [7, 11) is 0. The van der Waals surface area contributed by atoms with Crippen molar-refractivity contribution in [3.8, 4) is 5.75 Å². The molecule has 0 amide bonds. The van der Waals surface area contributed by atoms with E-state index in [1.165, 1.54) is 0 Å². The van der Waals surface area contributed by atoms with Gasteiger partial charge in [0.25, 0.3) is 0 Å². The van der Waals surface area contributed by atoms with E-state index in [1.54, 1.807) is 6.92 Å². The van der Waals surface area contributed by atoms with Crippen LogP contribution >= 0.6 is 0 Å². The normalized spacial score (nSPS) is 10.8. The summed E-state index contributed by atoms with van der Waals surface area (Å²) in [5.74, 6) is 0.361. The largest absolute Gasteiger partial charge is 0.488 e. The maximum Gasteiger partial charge on any atom is 0.339 e. The van der Waals surface area contributed by atoms with Gasteiger partial charge < -0.3 is 13.9 Å². The van der Waals surface area contributed by atoms with Gasteiger partial charge in [0, 0.05) is 22.9 Å². The average molecular weight is 380 g/mol. The molecule has 1 heterocycles. The number of hydrogen-bond donors (Lipinski definition) is 0. The van der Waals surface area contributed by atoms with Crippen molar-refractivity contribution in [2.24, 2.45) is 0 Å². The van der Waals surface area contributed by atoms with E-state index in [1.807, 2.05) is 56.3 Å². The fourth-order valence-electron chi connectivity index (χ4n) is 3.21. The number of aryl methyl sites for hydroxylation is 2. The first-order valence-electron chi connectivity index (χ1n) is 9.39. The van der Waals surface area contributed by atoms with Gasteiger partial charge in [-0.05, 0) is 50.5 Å². The molecule has 0 saturated carbocycles. The van der Waals surface area contributed by atoms with Crippen molar-refractivity contribution >= 4 is 16.9 Å². The average Bonchev–Trinajstić information content (AvgIpc) is 2.69. The van der Waals surface area contributed by atoms with Crippen LogP contribution in [0, 0.1) is 13.8 Å². The Hall–Kier alpha value is -3.08. The standard InChI is InChI=1S/C23H24O5/c1-4-26-21(24)13-11-19-15(2)18-10-12-20(16(3)22(18)28-23(19)25)27-14-17-8-6-5-7-9-17/h5-10,12H,4,11,13-14H2,1-3H3. The molecule has 2 aromatic carbocycles. The molecule has 0 fully saturated rings. The smallest absolute Gasteiger partial charge is 0.339 e. The van der Waals surface area contributed by atoms with Crippen molar-refractivity contribution in [2.45, 2.75) is 40.2 Å². The number of carbonyl (C=O) groups is 1. The van der Waals surface area contributed by atoms with Crippen molar-refractivity contribution in [1.29, 1.82) is 0 Å². The molecule has 1 aromatic heterocycles. The highest BCUT2D eigenvalue weighted by atomic mass is 16.5. The van der Waals surface area contributed by atoms with Crippen LogP contribution in [0.1, 0.15) is 35.6 Å². The maximum atomic E-state index is 12.5. The SMILES string of the molecule is CCOC(=O)CCc1c(C)c2ccc(OCc3ccccc3)c(C)c2oc1=O. The number of esters is 1. The minimum absolute atomic E-state index is 0.155. The van der Waals surface area contributed by atoms with Crippen LogP contribution in [-0.2, 0) is 22.6 Å². The second-order valence-electron chi connectivity index (χ2n) is 6.64. The molecule has 5 heteroatoms. The minimum Gasteiger partial charge on any atom is -0.488 e. The summed E-state index contributed by atoms with van der Waals surface area (Å²) in [6.07, 6.45) is 0.455. The second-order valence-corrected chi connectivity index (χ2v) is 6.64. The van der Waals surface area contributed by atoms with E-state index in [-0.39, 0.29) is 12.4 Å². The molecule has 0 spiro atoms. The highest BCUT2D eigenvalue weighted by Gasteiger charge is 2.16. The van der Waals surface area contributed by atoms with Gasteiger partial charge in [-0.15, -0.1) is 0 Å². The Morgan fingerprint density at radius 1 is 1.04 bits per heavy atom. The van der Waals surface area contributed by atoms with Crippen molar-refractivity contribution < 1.29 is 18.7 Å². The van der Waals surface area contributed by atoms with Crippen molar-refractivity contribution in [3.63, 3.8) is 0 Å². The Morgan fingerprint density at radius 3 is 2.50 bits per heavy atom. The molecule has 0 atom stereocenters. The van der Waals surface area contributed by atoms with Crippen LogP contribution in [0.5, 0.6) is 5.75 Å². The first kappa shape index (κ1) is 19.7. The number of hydrogen-bond acceptors (Lipinski definition) is 5. The van der Waals surface area contributed by atoms with Crippen LogP contribution in [0.3, 0.4) is 0 Å². The van der Waals surface area contributed by atoms with Gasteiger partial charge in [-0.1, -0.05) is 30.3 Å². The molecule has 0 bridgehead atoms. The van der Waals surface area contributed by atoms with Gasteiger partial charge in [0.2, 0.25) is 0 Å².